The summed E-state index contributed by atoms with van der Waals surface area (Å²) in [5.41, 5.74) is 4.92. The maximum absolute atomic E-state index is 12.6. The molecule has 0 aromatic heterocycles. The van der Waals surface area contributed by atoms with E-state index in [1.54, 1.807) is 19.4 Å². The number of hydrazone groups is 1. The predicted molar refractivity (Wildman–Crippen MR) is 140 cm³/mol. The number of nitrogens with zero attached hydrogens (tertiary/aromatic N) is 1. The van der Waals surface area contributed by atoms with Crippen LogP contribution in [0.5, 0.6) is 11.5 Å². The third kappa shape index (κ3) is 4.84. The second-order valence-electron chi connectivity index (χ2n) is 8.07. The first kappa shape index (κ1) is 22.2. The van der Waals surface area contributed by atoms with E-state index in [1.165, 1.54) is 0 Å². The molecule has 0 aliphatic carbocycles. The number of benzene rings is 5. The van der Waals surface area contributed by atoms with E-state index in [-0.39, 0.29) is 5.91 Å². The summed E-state index contributed by atoms with van der Waals surface area (Å²) in [6.07, 6.45) is 1.57. The summed E-state index contributed by atoms with van der Waals surface area (Å²) in [7, 11) is 1.60. The van der Waals surface area contributed by atoms with Crippen molar-refractivity contribution in [3.63, 3.8) is 0 Å². The van der Waals surface area contributed by atoms with Gasteiger partial charge in [-0.05, 0) is 51.4 Å². The van der Waals surface area contributed by atoms with Crippen LogP contribution in [0, 0.1) is 0 Å². The number of carbonyl (C=O) groups is 1. The van der Waals surface area contributed by atoms with Crippen LogP contribution in [-0.2, 0) is 6.61 Å². The standard InChI is InChI=1S/C30H24N2O3/c1-34-28-15-7-12-25(29(28)35-20-26-13-6-11-22-9-4-5-14-27(22)26)19-31-32-30(33)24-17-16-21-8-2-3-10-23(21)18-24/h2-19H,20H2,1H3,(H,32,33)/b31-19-. The molecule has 35 heavy (non-hydrogen) atoms. The number of rotatable bonds is 7. The third-order valence-electron chi connectivity index (χ3n) is 5.86. The minimum atomic E-state index is -0.284. The first-order valence-electron chi connectivity index (χ1n) is 11.3. The van der Waals surface area contributed by atoms with Gasteiger partial charge >= 0.3 is 0 Å². The molecule has 0 bridgehead atoms. The second-order valence-corrected chi connectivity index (χ2v) is 8.07. The molecule has 0 saturated carbocycles. The van der Waals surface area contributed by atoms with Crippen molar-refractivity contribution < 1.29 is 14.3 Å². The van der Waals surface area contributed by atoms with Gasteiger partial charge in [0.1, 0.15) is 6.61 Å². The maximum atomic E-state index is 12.6. The summed E-state index contributed by atoms with van der Waals surface area (Å²) in [4.78, 5) is 12.6. The topological polar surface area (TPSA) is 59.9 Å². The van der Waals surface area contributed by atoms with Crippen molar-refractivity contribution in [2.24, 2.45) is 5.10 Å². The average molecular weight is 461 g/mol. The second kappa shape index (κ2) is 10.1. The van der Waals surface area contributed by atoms with Crippen LogP contribution < -0.4 is 14.9 Å². The Morgan fingerprint density at radius 3 is 2.43 bits per heavy atom. The number of amides is 1. The van der Waals surface area contributed by atoms with Gasteiger partial charge in [0.05, 0.1) is 13.3 Å². The number of nitrogens with one attached hydrogen (secondary N) is 1. The van der Waals surface area contributed by atoms with Crippen LogP contribution in [-0.4, -0.2) is 19.2 Å². The van der Waals surface area contributed by atoms with Gasteiger partial charge in [-0.1, -0.05) is 78.9 Å². The molecule has 0 unspecified atom stereocenters. The van der Waals surface area contributed by atoms with E-state index < -0.39 is 0 Å². The Morgan fingerprint density at radius 1 is 0.829 bits per heavy atom. The molecule has 5 nitrogen and oxygen atoms in total. The van der Waals surface area contributed by atoms with Crippen LogP contribution in [0.25, 0.3) is 21.5 Å². The normalized spacial score (nSPS) is 11.1. The van der Waals surface area contributed by atoms with Crippen LogP contribution in [0.2, 0.25) is 0 Å². The summed E-state index contributed by atoms with van der Waals surface area (Å²) in [6, 6.07) is 33.4. The first-order chi connectivity index (χ1) is 17.2. The van der Waals surface area contributed by atoms with Gasteiger partial charge in [0, 0.05) is 11.1 Å². The van der Waals surface area contributed by atoms with E-state index in [0.717, 1.165) is 27.1 Å². The highest BCUT2D eigenvalue weighted by atomic mass is 16.5. The van der Waals surface area contributed by atoms with Crippen LogP contribution in [0.3, 0.4) is 0 Å². The van der Waals surface area contributed by atoms with Crippen molar-refractivity contribution in [1.82, 2.24) is 5.43 Å². The average Bonchev–Trinajstić information content (AvgIpc) is 2.91. The van der Waals surface area contributed by atoms with Gasteiger partial charge in [-0.15, -0.1) is 0 Å². The minimum absolute atomic E-state index is 0.284. The highest BCUT2D eigenvalue weighted by Crippen LogP contribution is 2.31. The molecule has 172 valence electrons. The number of carbonyl (C=O) groups excluding carboxylic acids is 1. The Hall–Kier alpha value is -4.64. The fraction of sp³-hybridized carbons (Fsp3) is 0.0667. The quantitative estimate of drug-likeness (QED) is 0.228. The van der Waals surface area contributed by atoms with Crippen molar-refractivity contribution in [2.45, 2.75) is 6.61 Å². The lowest BCUT2D eigenvalue weighted by Crippen LogP contribution is -2.17. The SMILES string of the molecule is COc1cccc(/C=N\NC(=O)c2ccc3ccccc3c2)c1OCc1cccc2ccccc12. The lowest BCUT2D eigenvalue weighted by molar-refractivity contribution is 0.0955. The van der Waals surface area contributed by atoms with Crippen LogP contribution in [0.15, 0.2) is 108 Å². The molecule has 0 spiro atoms. The summed E-state index contributed by atoms with van der Waals surface area (Å²) in [6.45, 7) is 0.367. The predicted octanol–water partition coefficient (Wildman–Crippen LogP) is 6.34. The van der Waals surface area contributed by atoms with Crippen LogP contribution >= 0.6 is 0 Å². The molecule has 0 heterocycles. The van der Waals surface area contributed by atoms with Gasteiger partial charge < -0.3 is 9.47 Å². The van der Waals surface area contributed by atoms with E-state index in [2.05, 4.69) is 34.8 Å². The van der Waals surface area contributed by atoms with Crippen molar-refractivity contribution in [3.05, 3.63) is 120 Å². The zero-order chi connectivity index (χ0) is 24.0. The van der Waals surface area contributed by atoms with Gasteiger partial charge in [0.15, 0.2) is 11.5 Å². The van der Waals surface area contributed by atoms with E-state index in [9.17, 15) is 4.79 Å². The smallest absolute Gasteiger partial charge is 0.271 e. The summed E-state index contributed by atoms with van der Waals surface area (Å²) < 4.78 is 11.7. The van der Waals surface area contributed by atoms with Gasteiger partial charge in [-0.25, -0.2) is 5.43 Å². The number of ether oxygens (including phenoxy) is 2. The minimum Gasteiger partial charge on any atom is -0.493 e. The van der Waals surface area contributed by atoms with Gasteiger partial charge in [-0.3, -0.25) is 4.79 Å². The van der Waals surface area contributed by atoms with Gasteiger partial charge in [-0.2, -0.15) is 5.10 Å². The molecule has 0 aliphatic rings. The molecule has 5 aromatic carbocycles. The molecule has 1 amide bonds. The van der Waals surface area contributed by atoms with E-state index in [0.29, 0.717) is 29.2 Å². The Kier molecular flexibility index (Phi) is 6.39. The number of hydrogen-bond donors (Lipinski definition) is 1. The highest BCUT2D eigenvalue weighted by Gasteiger charge is 2.11. The molecule has 5 rings (SSSR count). The molecule has 0 radical (unpaired) electrons. The molecular weight excluding hydrogens is 436 g/mol. The Balaban J connectivity index is 1.34. The molecule has 0 atom stereocenters. The molecule has 5 aromatic rings. The van der Waals surface area contributed by atoms with Crippen molar-refractivity contribution in [3.8, 4) is 11.5 Å². The van der Waals surface area contributed by atoms with Crippen molar-refractivity contribution >= 4 is 33.7 Å². The van der Waals surface area contributed by atoms with Gasteiger partial charge in [0.2, 0.25) is 0 Å². The summed E-state index contributed by atoms with van der Waals surface area (Å²) >= 11 is 0. The Bertz CT molecular complexity index is 1540. The fourth-order valence-electron chi connectivity index (χ4n) is 4.07. The van der Waals surface area contributed by atoms with Gasteiger partial charge in [0.25, 0.3) is 5.91 Å². The van der Waals surface area contributed by atoms with Crippen LogP contribution in [0.1, 0.15) is 21.5 Å². The van der Waals surface area contributed by atoms with Crippen molar-refractivity contribution in [2.75, 3.05) is 7.11 Å². The lowest BCUT2D eigenvalue weighted by atomic mass is 10.1. The third-order valence-corrected chi connectivity index (χ3v) is 5.86. The molecule has 5 heteroatoms. The number of hydrogen-bond acceptors (Lipinski definition) is 4. The molecule has 0 aliphatic heterocycles. The highest BCUT2D eigenvalue weighted by molar-refractivity contribution is 5.99. The summed E-state index contributed by atoms with van der Waals surface area (Å²) in [5, 5.41) is 8.56. The largest absolute Gasteiger partial charge is 0.493 e. The van der Waals surface area contributed by atoms with Crippen molar-refractivity contribution in [1.29, 1.82) is 0 Å². The number of para-hydroxylation sites is 1. The number of fused-ring (bicyclic) bond motifs is 2. The summed E-state index contributed by atoms with van der Waals surface area (Å²) in [5.74, 6) is 0.870. The zero-order valence-electron chi connectivity index (χ0n) is 19.3. The Labute approximate surface area is 203 Å². The first-order valence-corrected chi connectivity index (χ1v) is 11.3. The molecular formula is C30H24N2O3. The fourth-order valence-corrected chi connectivity index (χ4v) is 4.07. The molecule has 1 N–H and O–H groups in total. The lowest BCUT2D eigenvalue weighted by Gasteiger charge is -2.14. The number of methoxy groups -OCH3 is 1. The van der Waals surface area contributed by atoms with Crippen LogP contribution in [0.4, 0.5) is 0 Å². The van der Waals surface area contributed by atoms with E-state index in [4.69, 9.17) is 9.47 Å². The Morgan fingerprint density at radius 2 is 1.57 bits per heavy atom. The monoisotopic (exact) mass is 460 g/mol. The van der Waals surface area contributed by atoms with E-state index >= 15 is 0 Å². The maximum Gasteiger partial charge on any atom is 0.271 e. The molecule has 0 saturated heterocycles. The van der Waals surface area contributed by atoms with E-state index in [1.807, 2.05) is 72.8 Å². The zero-order valence-corrected chi connectivity index (χ0v) is 19.3. The molecule has 0 fully saturated rings.